The fourth-order valence-electron chi connectivity index (χ4n) is 2.75. The molecule has 1 heterocycles. The van der Waals surface area contributed by atoms with E-state index in [9.17, 15) is 14.3 Å². The Kier molecular flexibility index (Phi) is 2.84. The number of rotatable bonds is 0. The molecule has 17 heavy (non-hydrogen) atoms. The molecule has 1 saturated heterocycles. The van der Waals surface area contributed by atoms with Crippen LogP contribution in [0.4, 0.5) is 9.18 Å². The molecule has 2 rings (SSSR count). The summed E-state index contributed by atoms with van der Waals surface area (Å²) < 4.78 is 18.3. The van der Waals surface area contributed by atoms with Crippen molar-refractivity contribution in [2.24, 2.45) is 0 Å². The van der Waals surface area contributed by atoms with E-state index in [1.165, 1.54) is 4.90 Å². The molecule has 1 saturated carbocycles. The third-order valence-corrected chi connectivity index (χ3v) is 3.40. The highest BCUT2D eigenvalue weighted by atomic mass is 19.1. The molecule has 2 fully saturated rings. The van der Waals surface area contributed by atoms with Gasteiger partial charge in [0.2, 0.25) is 0 Å². The number of aliphatic hydroxyl groups excluding tert-OH is 1. The average molecular weight is 245 g/mol. The van der Waals surface area contributed by atoms with Gasteiger partial charge in [0.05, 0.1) is 18.2 Å². The summed E-state index contributed by atoms with van der Waals surface area (Å²) in [5, 5.41) is 9.66. The monoisotopic (exact) mass is 245 g/mol. The van der Waals surface area contributed by atoms with Crippen LogP contribution in [-0.4, -0.2) is 46.1 Å². The zero-order chi connectivity index (χ0) is 12.8. The highest BCUT2D eigenvalue weighted by Gasteiger charge is 2.56. The van der Waals surface area contributed by atoms with E-state index in [2.05, 4.69) is 0 Å². The first-order valence-corrected chi connectivity index (χ1v) is 6.05. The molecule has 0 aromatic rings. The lowest BCUT2D eigenvalue weighted by molar-refractivity contribution is -0.0349. The van der Waals surface area contributed by atoms with E-state index in [-0.39, 0.29) is 6.54 Å². The number of likely N-dealkylation sites (tertiary alicyclic amines) is 1. The van der Waals surface area contributed by atoms with Crippen LogP contribution >= 0.6 is 0 Å². The second kappa shape index (κ2) is 3.83. The van der Waals surface area contributed by atoms with Gasteiger partial charge in [-0.05, 0) is 27.2 Å². The zero-order valence-electron chi connectivity index (χ0n) is 10.6. The number of aliphatic hydroxyl groups is 1. The smallest absolute Gasteiger partial charge is 0.410 e. The Labute approximate surface area is 101 Å². The van der Waals surface area contributed by atoms with Gasteiger partial charge < -0.3 is 9.84 Å². The number of hydrogen-bond donors (Lipinski definition) is 1. The number of amides is 1. The number of carbonyl (C=O) groups excluding carboxylic acids is 1. The molecule has 1 atom stereocenters. The molecule has 98 valence electrons. The third kappa shape index (κ3) is 2.39. The van der Waals surface area contributed by atoms with Gasteiger partial charge in [-0.15, -0.1) is 0 Å². The van der Waals surface area contributed by atoms with E-state index < -0.39 is 29.5 Å². The van der Waals surface area contributed by atoms with E-state index in [0.717, 1.165) is 0 Å². The van der Waals surface area contributed by atoms with Gasteiger partial charge in [0, 0.05) is 12.8 Å². The molecule has 1 spiro atoms. The van der Waals surface area contributed by atoms with Crippen LogP contribution in [0, 0.1) is 0 Å². The molecule has 1 aliphatic carbocycles. The minimum atomic E-state index is -0.856. The molecule has 0 aromatic heterocycles. The molecule has 0 bridgehead atoms. The van der Waals surface area contributed by atoms with Crippen molar-refractivity contribution >= 4 is 6.09 Å². The Bertz CT molecular complexity index is 320. The predicted molar refractivity (Wildman–Crippen MR) is 60.4 cm³/mol. The van der Waals surface area contributed by atoms with E-state index in [4.69, 9.17) is 4.74 Å². The molecule has 1 aliphatic heterocycles. The standard InChI is InChI=1S/C12H20FNO3/c1-11(2,3)17-10(16)14-7-9(15)6-12(14)4-8(13)5-12/h8-9,15H,4-7H2,1-3H3. The molecule has 0 aromatic carbocycles. The van der Waals surface area contributed by atoms with E-state index in [1.807, 2.05) is 0 Å². The highest BCUT2D eigenvalue weighted by Crippen LogP contribution is 2.47. The highest BCUT2D eigenvalue weighted by molar-refractivity contribution is 5.70. The quantitative estimate of drug-likeness (QED) is 0.708. The van der Waals surface area contributed by atoms with Crippen molar-refractivity contribution in [1.29, 1.82) is 0 Å². The SMILES string of the molecule is CC(C)(C)OC(=O)N1CC(O)CC12CC(F)C2. The third-order valence-electron chi connectivity index (χ3n) is 3.40. The first kappa shape index (κ1) is 12.6. The van der Waals surface area contributed by atoms with Crippen molar-refractivity contribution in [2.45, 2.75) is 63.4 Å². The van der Waals surface area contributed by atoms with Crippen molar-refractivity contribution in [3.05, 3.63) is 0 Å². The maximum Gasteiger partial charge on any atom is 0.410 e. The van der Waals surface area contributed by atoms with Crippen molar-refractivity contribution in [1.82, 2.24) is 4.90 Å². The molecule has 1 N–H and O–H groups in total. The minimum Gasteiger partial charge on any atom is -0.444 e. The number of nitrogens with zero attached hydrogens (tertiary/aromatic N) is 1. The predicted octanol–water partition coefficient (Wildman–Crippen LogP) is 1.86. The number of carbonyl (C=O) groups is 1. The normalized spacial score (nSPS) is 37.1. The minimum absolute atomic E-state index is 0.252. The molecule has 0 radical (unpaired) electrons. The zero-order valence-corrected chi connectivity index (χ0v) is 10.6. The number of ether oxygens (including phenoxy) is 1. The van der Waals surface area contributed by atoms with Gasteiger partial charge in [-0.25, -0.2) is 9.18 Å². The van der Waals surface area contributed by atoms with E-state index in [1.54, 1.807) is 20.8 Å². The van der Waals surface area contributed by atoms with Crippen LogP contribution in [0.5, 0.6) is 0 Å². The Morgan fingerprint density at radius 2 is 2.00 bits per heavy atom. The lowest BCUT2D eigenvalue weighted by Crippen LogP contribution is -2.57. The van der Waals surface area contributed by atoms with Crippen molar-refractivity contribution in [3.8, 4) is 0 Å². The second-order valence-electron chi connectivity index (χ2n) is 6.18. The Morgan fingerprint density at radius 3 is 2.47 bits per heavy atom. The van der Waals surface area contributed by atoms with Gasteiger partial charge in [-0.3, -0.25) is 4.90 Å². The summed E-state index contributed by atoms with van der Waals surface area (Å²) in [7, 11) is 0. The molecular formula is C12H20FNO3. The molecule has 2 aliphatic rings. The first-order chi connectivity index (χ1) is 7.72. The fraction of sp³-hybridized carbons (Fsp3) is 0.917. The lowest BCUT2D eigenvalue weighted by Gasteiger charge is -2.47. The van der Waals surface area contributed by atoms with Crippen LogP contribution < -0.4 is 0 Å². The van der Waals surface area contributed by atoms with Crippen molar-refractivity contribution in [2.75, 3.05) is 6.54 Å². The first-order valence-electron chi connectivity index (χ1n) is 6.05. The van der Waals surface area contributed by atoms with Gasteiger partial charge in [-0.1, -0.05) is 0 Å². The number of halogens is 1. The summed E-state index contributed by atoms with van der Waals surface area (Å²) in [6, 6.07) is 0. The maximum atomic E-state index is 13.1. The topological polar surface area (TPSA) is 49.8 Å². The van der Waals surface area contributed by atoms with E-state index >= 15 is 0 Å². The largest absolute Gasteiger partial charge is 0.444 e. The summed E-state index contributed by atoms with van der Waals surface area (Å²) in [6.45, 7) is 5.63. The Balaban J connectivity index is 2.06. The fourth-order valence-corrected chi connectivity index (χ4v) is 2.75. The molecule has 4 nitrogen and oxygen atoms in total. The molecular weight excluding hydrogens is 225 g/mol. The second-order valence-corrected chi connectivity index (χ2v) is 6.18. The lowest BCUT2D eigenvalue weighted by atomic mass is 9.73. The maximum absolute atomic E-state index is 13.1. The van der Waals surface area contributed by atoms with Crippen LogP contribution in [0.3, 0.4) is 0 Å². The van der Waals surface area contributed by atoms with Crippen molar-refractivity contribution in [3.63, 3.8) is 0 Å². The van der Waals surface area contributed by atoms with E-state index in [0.29, 0.717) is 19.3 Å². The Morgan fingerprint density at radius 1 is 1.41 bits per heavy atom. The summed E-state index contributed by atoms with van der Waals surface area (Å²) in [4.78, 5) is 13.5. The van der Waals surface area contributed by atoms with Gasteiger partial charge in [-0.2, -0.15) is 0 Å². The van der Waals surface area contributed by atoms with Crippen LogP contribution in [-0.2, 0) is 4.74 Å². The summed E-state index contributed by atoms with van der Waals surface area (Å²) in [5.74, 6) is 0. The molecule has 5 heteroatoms. The van der Waals surface area contributed by atoms with Crippen LogP contribution in [0.2, 0.25) is 0 Å². The number of β-amino-alcohol motifs (C(OH)–C–C–N with tert-alkyl or cyclic N) is 1. The number of hydrogen-bond acceptors (Lipinski definition) is 3. The van der Waals surface area contributed by atoms with Gasteiger partial charge in [0.1, 0.15) is 11.8 Å². The van der Waals surface area contributed by atoms with Crippen LogP contribution in [0.1, 0.15) is 40.0 Å². The number of alkyl halides is 1. The van der Waals surface area contributed by atoms with Crippen LogP contribution in [0.15, 0.2) is 0 Å². The summed E-state index contributed by atoms with van der Waals surface area (Å²) in [5.41, 5.74) is -1.06. The molecule has 1 amide bonds. The Hall–Kier alpha value is -0.840. The summed E-state index contributed by atoms with van der Waals surface area (Å²) in [6.07, 6.45) is -0.750. The van der Waals surface area contributed by atoms with Gasteiger partial charge in [0.25, 0.3) is 0 Å². The van der Waals surface area contributed by atoms with Crippen molar-refractivity contribution < 1.29 is 19.0 Å². The van der Waals surface area contributed by atoms with Crippen LogP contribution in [0.25, 0.3) is 0 Å². The average Bonchev–Trinajstić information content (AvgIpc) is 2.39. The van der Waals surface area contributed by atoms with Gasteiger partial charge >= 0.3 is 6.09 Å². The van der Waals surface area contributed by atoms with Gasteiger partial charge in [0.15, 0.2) is 0 Å². The molecule has 1 unspecified atom stereocenters. The summed E-state index contributed by atoms with van der Waals surface area (Å²) >= 11 is 0.